The molecule has 1 aromatic carbocycles. The van der Waals surface area contributed by atoms with Crippen molar-refractivity contribution in [2.24, 2.45) is 10.7 Å². The molecule has 4 N–H and O–H groups in total. The molecule has 3 rings (SSSR count). The maximum atomic E-state index is 7.04. The molecule has 7 heteroatoms. The summed E-state index contributed by atoms with van der Waals surface area (Å²) in [7, 11) is 0. The number of nitrogens with two attached hydrogens (primary N) is 1. The van der Waals surface area contributed by atoms with E-state index in [0.29, 0.717) is 12.3 Å². The third-order valence-corrected chi connectivity index (χ3v) is 4.62. The van der Waals surface area contributed by atoms with Crippen LogP contribution in [0.2, 0.25) is 0 Å². The van der Waals surface area contributed by atoms with Gasteiger partial charge in [-0.2, -0.15) is 0 Å². The molecule has 0 spiro atoms. The number of benzene rings is 1. The fourth-order valence-electron chi connectivity index (χ4n) is 2.82. The van der Waals surface area contributed by atoms with Crippen LogP contribution in [0.5, 0.6) is 0 Å². The van der Waals surface area contributed by atoms with Gasteiger partial charge < -0.3 is 15.5 Å². The summed E-state index contributed by atoms with van der Waals surface area (Å²) in [6.07, 6.45) is 0.890. The smallest absolute Gasteiger partial charge is 0.150 e. The number of hydrogen-bond acceptors (Lipinski definition) is 3. The van der Waals surface area contributed by atoms with Gasteiger partial charge in [0.05, 0.1) is 12.3 Å². The highest BCUT2D eigenvalue weighted by atomic mass is 79.9. The number of aromatic nitrogens is 1. The number of ether oxygens (including phenoxy) is 1. The second-order valence-electron chi connectivity index (χ2n) is 5.67. The average Bonchev–Trinajstić information content (AvgIpc) is 2.98. The minimum atomic E-state index is -0.0414. The van der Waals surface area contributed by atoms with E-state index in [4.69, 9.17) is 15.9 Å². The summed E-state index contributed by atoms with van der Waals surface area (Å²) in [4.78, 5) is 9.45. The molecule has 1 aliphatic rings. The molecule has 1 aromatic heterocycles. The van der Waals surface area contributed by atoms with Crippen molar-refractivity contribution < 1.29 is 4.74 Å². The number of nitrogens with one attached hydrogen (secondary N) is 2. The monoisotopic (exact) mass is 389 g/mol. The van der Waals surface area contributed by atoms with Gasteiger partial charge in [-0.3, -0.25) is 10.3 Å². The zero-order chi connectivity index (χ0) is 16.9. The maximum Gasteiger partial charge on any atom is 0.150 e. The lowest BCUT2D eigenvalue weighted by Gasteiger charge is -2.32. The van der Waals surface area contributed by atoms with Crippen molar-refractivity contribution in [3.63, 3.8) is 0 Å². The fourth-order valence-corrected chi connectivity index (χ4v) is 3.37. The van der Waals surface area contributed by atoms with E-state index in [1.165, 1.54) is 5.56 Å². The molecule has 126 valence electrons. The van der Waals surface area contributed by atoms with Crippen LogP contribution in [0.15, 0.2) is 45.9 Å². The number of morpholine rings is 1. The van der Waals surface area contributed by atoms with Crippen LogP contribution in [-0.4, -0.2) is 41.8 Å². The summed E-state index contributed by atoms with van der Waals surface area (Å²) in [5.74, 6) is 0.278. The first kappa shape index (κ1) is 16.9. The Labute approximate surface area is 149 Å². The summed E-state index contributed by atoms with van der Waals surface area (Å²) in [5, 5.41) is 7.04. The molecule has 0 saturated carbocycles. The van der Waals surface area contributed by atoms with Gasteiger partial charge in [-0.15, -0.1) is 0 Å². The van der Waals surface area contributed by atoms with Crippen LogP contribution in [0, 0.1) is 5.41 Å². The van der Waals surface area contributed by atoms with Crippen LogP contribution in [0.1, 0.15) is 23.1 Å². The predicted molar refractivity (Wildman–Crippen MR) is 98.4 cm³/mol. The second kappa shape index (κ2) is 7.74. The minimum absolute atomic E-state index is 0.0414. The third-order valence-electron chi connectivity index (χ3n) is 4.00. The molecule has 1 fully saturated rings. The molecular weight excluding hydrogens is 370 g/mol. The van der Waals surface area contributed by atoms with Crippen molar-refractivity contribution in [2.45, 2.75) is 12.6 Å². The predicted octanol–water partition coefficient (Wildman–Crippen LogP) is 2.66. The molecule has 1 unspecified atom stereocenters. The van der Waals surface area contributed by atoms with Crippen molar-refractivity contribution in [1.29, 1.82) is 5.41 Å². The zero-order valence-electron chi connectivity index (χ0n) is 13.2. The van der Waals surface area contributed by atoms with Crippen LogP contribution in [0.4, 0.5) is 0 Å². The number of amidine groups is 1. The van der Waals surface area contributed by atoms with E-state index in [2.05, 4.69) is 55.1 Å². The molecule has 1 aliphatic heterocycles. The minimum Gasteiger partial charge on any atom is -0.382 e. The fraction of sp³-hybridized carbons (Fsp3) is 0.294. The maximum absolute atomic E-state index is 7.04. The Morgan fingerprint density at radius 1 is 1.46 bits per heavy atom. The Kier molecular flexibility index (Phi) is 5.44. The van der Waals surface area contributed by atoms with E-state index in [1.54, 1.807) is 0 Å². The summed E-state index contributed by atoms with van der Waals surface area (Å²) in [5.41, 5.74) is 8.80. The Balaban J connectivity index is 1.72. The van der Waals surface area contributed by atoms with Crippen LogP contribution < -0.4 is 5.73 Å². The van der Waals surface area contributed by atoms with Crippen molar-refractivity contribution in [1.82, 2.24) is 9.88 Å². The molecule has 2 aromatic rings. The molecule has 1 atom stereocenters. The number of aromatic amines is 1. The number of halogens is 1. The lowest BCUT2D eigenvalue weighted by atomic mass is 10.1. The first-order chi connectivity index (χ1) is 11.7. The van der Waals surface area contributed by atoms with E-state index < -0.39 is 0 Å². The lowest BCUT2D eigenvalue weighted by Crippen LogP contribution is -2.38. The van der Waals surface area contributed by atoms with Crippen LogP contribution >= 0.6 is 15.9 Å². The van der Waals surface area contributed by atoms with Crippen LogP contribution in [0.3, 0.4) is 0 Å². The number of nitrogens with zero attached hydrogens (tertiary/aromatic N) is 2. The van der Waals surface area contributed by atoms with Gasteiger partial charge in [-0.1, -0.05) is 30.3 Å². The van der Waals surface area contributed by atoms with Crippen molar-refractivity contribution in [3.05, 3.63) is 57.8 Å². The Hall–Kier alpha value is -1.96. The normalized spacial score (nSPS) is 19.4. The van der Waals surface area contributed by atoms with Crippen molar-refractivity contribution in [3.8, 4) is 0 Å². The van der Waals surface area contributed by atoms with E-state index in [0.717, 1.165) is 36.1 Å². The van der Waals surface area contributed by atoms with Crippen LogP contribution in [-0.2, 0) is 11.3 Å². The molecule has 2 heterocycles. The van der Waals surface area contributed by atoms with Gasteiger partial charge in [0, 0.05) is 29.8 Å². The molecule has 6 nitrogen and oxygen atoms in total. The second-order valence-corrected chi connectivity index (χ2v) is 6.53. The number of hydrogen-bond donors (Lipinski definition) is 3. The first-order valence-electron chi connectivity index (χ1n) is 7.76. The van der Waals surface area contributed by atoms with Gasteiger partial charge in [0.1, 0.15) is 18.3 Å². The number of aliphatic imine (C=N–C) groups is 1. The molecule has 0 bridgehead atoms. The topological polar surface area (TPSA) is 90.5 Å². The van der Waals surface area contributed by atoms with Crippen molar-refractivity contribution >= 4 is 28.1 Å². The summed E-state index contributed by atoms with van der Waals surface area (Å²) < 4.78 is 6.74. The SMILES string of the molecule is N=CN=C(N)c1[nH]c(C2CN(Cc3ccccc3)CCO2)cc1Br. The van der Waals surface area contributed by atoms with Crippen molar-refractivity contribution in [2.75, 3.05) is 19.7 Å². The van der Waals surface area contributed by atoms with Gasteiger partial charge in [-0.25, -0.2) is 4.99 Å². The quantitative estimate of drug-likeness (QED) is 0.542. The summed E-state index contributed by atoms with van der Waals surface area (Å²) in [6, 6.07) is 12.4. The Morgan fingerprint density at radius 3 is 3.00 bits per heavy atom. The van der Waals surface area contributed by atoms with Gasteiger partial charge in [0.2, 0.25) is 0 Å². The van der Waals surface area contributed by atoms with E-state index in [1.807, 2.05) is 12.1 Å². The summed E-state index contributed by atoms with van der Waals surface area (Å²) >= 11 is 3.49. The zero-order valence-corrected chi connectivity index (χ0v) is 14.8. The highest BCUT2D eigenvalue weighted by Crippen LogP contribution is 2.27. The molecule has 0 radical (unpaired) electrons. The summed E-state index contributed by atoms with van der Waals surface area (Å²) in [6.45, 7) is 3.32. The average molecular weight is 390 g/mol. The highest BCUT2D eigenvalue weighted by Gasteiger charge is 2.24. The molecular formula is C17H20BrN5O. The van der Waals surface area contributed by atoms with Gasteiger partial charge >= 0.3 is 0 Å². The lowest BCUT2D eigenvalue weighted by molar-refractivity contribution is -0.0347. The number of H-pyrrole nitrogens is 1. The van der Waals surface area contributed by atoms with E-state index in [9.17, 15) is 0 Å². The van der Waals surface area contributed by atoms with Crippen LogP contribution in [0.25, 0.3) is 0 Å². The first-order valence-corrected chi connectivity index (χ1v) is 8.55. The molecule has 0 aliphatic carbocycles. The van der Waals surface area contributed by atoms with E-state index in [-0.39, 0.29) is 11.9 Å². The highest BCUT2D eigenvalue weighted by molar-refractivity contribution is 9.10. The van der Waals surface area contributed by atoms with Gasteiger partial charge in [0.25, 0.3) is 0 Å². The third kappa shape index (κ3) is 3.92. The largest absolute Gasteiger partial charge is 0.382 e. The van der Waals surface area contributed by atoms with E-state index >= 15 is 0 Å². The van der Waals surface area contributed by atoms with Gasteiger partial charge in [-0.05, 0) is 27.6 Å². The van der Waals surface area contributed by atoms with Gasteiger partial charge in [0.15, 0.2) is 0 Å². The molecule has 1 saturated heterocycles. The molecule has 24 heavy (non-hydrogen) atoms. The Morgan fingerprint density at radius 2 is 2.25 bits per heavy atom. The standard InChI is InChI=1S/C17H20BrN5O/c18-13-8-14(22-16(13)17(20)21-11-19)15-10-23(6-7-24-15)9-12-4-2-1-3-5-12/h1-5,8,11,15,22H,6-7,9-10H2,(H3,19,20,21). The molecule has 0 amide bonds. The Bertz CT molecular complexity index is 728. The number of rotatable bonds is 5.